The van der Waals surface area contributed by atoms with Crippen LogP contribution >= 0.6 is 23.5 Å². The van der Waals surface area contributed by atoms with Gasteiger partial charge in [-0.2, -0.15) is 13.6 Å². The maximum absolute atomic E-state index is 15.2. The average molecular weight is 563 g/mol. The highest BCUT2D eigenvalue weighted by Crippen LogP contribution is 2.66. The first-order chi connectivity index (χ1) is 16.0. The van der Waals surface area contributed by atoms with Gasteiger partial charge in [0.2, 0.25) is 11.7 Å². The van der Waals surface area contributed by atoms with Crippen LogP contribution in [0.5, 0.6) is 0 Å². The number of aromatic nitrogens is 4. The zero-order valence-electron chi connectivity index (χ0n) is 17.2. The van der Waals surface area contributed by atoms with Crippen molar-refractivity contribution in [2.45, 2.75) is 24.1 Å². The number of nitrogens with zero attached hydrogens (tertiary/aromatic N) is 3. The number of anilines is 1. The quantitative estimate of drug-likeness (QED) is 0.141. The third-order valence-corrected chi connectivity index (χ3v) is 8.21. The van der Waals surface area contributed by atoms with E-state index in [1.165, 1.54) is 7.05 Å². The minimum absolute atomic E-state index is 0.0467. The van der Waals surface area contributed by atoms with Gasteiger partial charge in [-0.3, -0.25) is 18.9 Å². The molecule has 18 nitrogen and oxygen atoms in total. The normalized spacial score (nSPS) is 28.3. The van der Waals surface area contributed by atoms with Gasteiger partial charge in [-0.1, -0.05) is 0 Å². The van der Waals surface area contributed by atoms with Crippen molar-refractivity contribution in [2.24, 2.45) is 0 Å². The number of aliphatic hydroxyl groups is 1. The highest BCUT2D eigenvalue weighted by Gasteiger charge is 2.57. The van der Waals surface area contributed by atoms with Gasteiger partial charge < -0.3 is 34.7 Å². The zero-order valence-corrected chi connectivity index (χ0v) is 19.8. The summed E-state index contributed by atoms with van der Waals surface area (Å²) in [5.41, 5.74) is -3.71. The molecule has 1 saturated heterocycles. The largest absolute Gasteiger partial charge is 0.490 e. The smallest absolute Gasteiger partial charge is 0.387 e. The van der Waals surface area contributed by atoms with Crippen molar-refractivity contribution < 1.29 is 60.6 Å². The van der Waals surface area contributed by atoms with Gasteiger partial charge in [-0.05, 0) is 5.92 Å². The summed E-state index contributed by atoms with van der Waals surface area (Å²) in [5, 5.41) is 12.8. The molecule has 6 atom stereocenters. The minimum atomic E-state index is -5.81. The molecule has 0 spiro atoms. The van der Waals surface area contributed by atoms with E-state index in [1.54, 1.807) is 0 Å². The van der Waals surface area contributed by atoms with Gasteiger partial charge in [-0.15, -0.1) is 6.42 Å². The Morgan fingerprint density at radius 2 is 1.97 bits per heavy atom. The number of aromatic amines is 1. The van der Waals surface area contributed by atoms with Crippen LogP contribution in [0.15, 0.2) is 11.1 Å². The van der Waals surface area contributed by atoms with Crippen LogP contribution in [0.2, 0.25) is 0 Å². The Hall–Kier alpha value is -2.03. The van der Waals surface area contributed by atoms with Gasteiger partial charge in [0.1, 0.15) is 18.5 Å². The first-order valence-corrected chi connectivity index (χ1v) is 13.5. The van der Waals surface area contributed by atoms with Gasteiger partial charge in [0.25, 0.3) is 5.56 Å². The molecule has 2 aromatic rings. The fraction of sp³-hybridized carbons (Fsp3) is 0.462. The molecule has 22 heteroatoms. The van der Waals surface area contributed by atoms with Crippen molar-refractivity contribution in [1.82, 2.24) is 19.5 Å². The van der Waals surface area contributed by atoms with Crippen molar-refractivity contribution in [3.05, 3.63) is 16.7 Å². The first-order valence-electron chi connectivity index (χ1n) is 8.96. The molecule has 0 aromatic carbocycles. The highest BCUT2D eigenvalue weighted by molar-refractivity contribution is 7.66. The summed E-state index contributed by atoms with van der Waals surface area (Å²) in [4.78, 5) is 58.1. The Balaban J connectivity index is 1.86. The first kappa shape index (κ1) is 27.6. The minimum Gasteiger partial charge on any atom is -0.387 e. The van der Waals surface area contributed by atoms with Crippen LogP contribution in [0, 0.1) is 12.3 Å². The van der Waals surface area contributed by atoms with Gasteiger partial charge >= 0.3 is 23.5 Å². The molecule has 0 amide bonds. The van der Waals surface area contributed by atoms with Crippen LogP contribution in [0.4, 0.5) is 10.3 Å². The molecule has 1 aliphatic heterocycles. The van der Waals surface area contributed by atoms with E-state index in [2.05, 4.69) is 33.4 Å². The summed E-state index contributed by atoms with van der Waals surface area (Å²) >= 11 is 0. The van der Waals surface area contributed by atoms with Crippen LogP contribution in [0.1, 0.15) is 0 Å². The number of phosphoric acid groups is 3. The number of halogens is 1. The lowest BCUT2D eigenvalue weighted by Crippen LogP contribution is -2.41. The predicted molar refractivity (Wildman–Crippen MR) is 110 cm³/mol. The third kappa shape index (κ3) is 5.70. The SMILES string of the molecule is C#CC1(n2cnc3c(=O)[nH]c(NC)nc32)OC(COP(=O)(O)OP(=O)(O)OP(=O)(O)O)C(O)C1F. The molecule has 3 heterocycles. The average Bonchev–Trinajstić information content (AvgIpc) is 3.25. The number of alkyl halides is 1. The number of aliphatic hydroxyl groups excluding tert-OH is 1. The fourth-order valence-electron chi connectivity index (χ4n) is 3.03. The molecule has 1 fully saturated rings. The van der Waals surface area contributed by atoms with E-state index < -0.39 is 59.7 Å². The number of ether oxygens (including phenoxy) is 1. The van der Waals surface area contributed by atoms with E-state index in [-0.39, 0.29) is 17.1 Å². The summed E-state index contributed by atoms with van der Waals surface area (Å²) in [6, 6.07) is 0. The molecule has 1 aliphatic rings. The molecular formula is C13H17FN5O13P3. The molecule has 6 unspecified atom stereocenters. The molecule has 0 radical (unpaired) electrons. The van der Waals surface area contributed by atoms with Crippen LogP contribution in [0.25, 0.3) is 11.2 Å². The number of phosphoric ester groups is 1. The Morgan fingerprint density at radius 1 is 1.31 bits per heavy atom. The number of terminal acetylenes is 1. The Labute approximate surface area is 193 Å². The zero-order chi connectivity index (χ0) is 26.4. The maximum Gasteiger partial charge on any atom is 0.490 e. The predicted octanol–water partition coefficient (Wildman–Crippen LogP) is -1.11. The van der Waals surface area contributed by atoms with Crippen molar-refractivity contribution in [2.75, 3.05) is 19.0 Å². The van der Waals surface area contributed by atoms with Crippen molar-refractivity contribution in [3.8, 4) is 12.3 Å². The summed E-state index contributed by atoms with van der Waals surface area (Å²) in [6.45, 7) is -1.18. The summed E-state index contributed by atoms with van der Waals surface area (Å²) in [6.07, 6.45) is -0.00302. The lowest BCUT2D eigenvalue weighted by molar-refractivity contribution is -0.0895. The maximum atomic E-state index is 15.2. The number of fused-ring (bicyclic) bond motifs is 1. The summed E-state index contributed by atoms with van der Waals surface area (Å²) < 4.78 is 66.9. The number of rotatable bonds is 9. The van der Waals surface area contributed by atoms with Gasteiger partial charge in [0, 0.05) is 7.05 Å². The van der Waals surface area contributed by atoms with Crippen LogP contribution in [0.3, 0.4) is 0 Å². The van der Waals surface area contributed by atoms with Crippen LogP contribution < -0.4 is 10.9 Å². The van der Waals surface area contributed by atoms with Gasteiger partial charge in [0.05, 0.1) is 6.61 Å². The highest BCUT2D eigenvalue weighted by atomic mass is 31.3. The number of hydrogen-bond donors (Lipinski definition) is 7. The number of H-pyrrole nitrogens is 1. The molecule has 0 bridgehead atoms. The lowest BCUT2D eigenvalue weighted by Gasteiger charge is -2.27. The van der Waals surface area contributed by atoms with Crippen molar-refractivity contribution in [1.29, 1.82) is 0 Å². The second-order valence-corrected chi connectivity index (χ2v) is 11.1. The van der Waals surface area contributed by atoms with Crippen LogP contribution in [-0.2, 0) is 37.3 Å². The van der Waals surface area contributed by atoms with E-state index >= 15 is 4.39 Å². The third-order valence-electron chi connectivity index (χ3n) is 4.41. The number of hydrogen-bond acceptors (Lipinski definition) is 12. The fourth-order valence-corrected chi connectivity index (χ4v) is 6.06. The molecular weight excluding hydrogens is 546 g/mol. The lowest BCUT2D eigenvalue weighted by atomic mass is 10.0. The molecule has 0 aliphatic carbocycles. The van der Waals surface area contributed by atoms with E-state index in [0.717, 1.165) is 10.9 Å². The Morgan fingerprint density at radius 3 is 2.54 bits per heavy atom. The van der Waals surface area contributed by atoms with Gasteiger partial charge in [-0.25, -0.2) is 23.1 Å². The summed E-state index contributed by atoms with van der Waals surface area (Å²) in [5.74, 6) is 1.94. The van der Waals surface area contributed by atoms with Crippen molar-refractivity contribution >= 4 is 40.6 Å². The molecule has 2 aromatic heterocycles. The molecule has 0 saturated carbocycles. The van der Waals surface area contributed by atoms with E-state index in [0.29, 0.717) is 0 Å². The number of imidazole rings is 1. The molecule has 7 N–H and O–H groups in total. The standard InChI is InChI=1S/C13H17FN5O13P3/c1-3-13(19-5-16-7-10(19)17-12(15-2)18-11(7)21)9(14)8(20)6(30-13)4-29-34(25,26)32-35(27,28)31-33(22,23)24/h1,5-6,8-9,20H,4H2,2H3,(H,25,26)(H,27,28)(H2,22,23,24)(H2,15,17,18,21). The second-order valence-electron chi connectivity index (χ2n) is 6.73. The number of nitrogens with one attached hydrogen (secondary N) is 2. The topological polar surface area (TPSA) is 265 Å². The van der Waals surface area contributed by atoms with E-state index in [4.69, 9.17) is 20.9 Å². The molecule has 35 heavy (non-hydrogen) atoms. The Kier molecular flexibility index (Phi) is 7.44. The molecule has 3 rings (SSSR count). The monoisotopic (exact) mass is 563 g/mol. The van der Waals surface area contributed by atoms with Crippen molar-refractivity contribution in [3.63, 3.8) is 0 Å². The van der Waals surface area contributed by atoms with E-state index in [9.17, 15) is 33.4 Å². The molecule has 194 valence electrons. The van der Waals surface area contributed by atoms with Gasteiger partial charge in [0.15, 0.2) is 17.3 Å². The van der Waals surface area contributed by atoms with E-state index in [1.807, 2.05) is 5.92 Å². The Bertz CT molecular complexity index is 1370. The van der Waals surface area contributed by atoms with Crippen LogP contribution in [-0.4, -0.2) is 76.2 Å². The summed E-state index contributed by atoms with van der Waals surface area (Å²) in [7, 11) is -15.6. The second kappa shape index (κ2) is 9.45.